The summed E-state index contributed by atoms with van der Waals surface area (Å²) in [5, 5.41) is 8.58. The van der Waals surface area contributed by atoms with Crippen LogP contribution in [-0.4, -0.2) is 36.8 Å². The topological polar surface area (TPSA) is 89.6 Å². The maximum absolute atomic E-state index is 10.5. The van der Waals surface area contributed by atoms with E-state index in [1.54, 1.807) is 5.94 Å². The van der Waals surface area contributed by atoms with Crippen LogP contribution < -0.4 is 5.73 Å². The zero-order chi connectivity index (χ0) is 10.0. The van der Waals surface area contributed by atoms with Crippen molar-refractivity contribution in [3.05, 3.63) is 5.57 Å². The summed E-state index contributed by atoms with van der Waals surface area (Å²) in [6, 6.07) is -1.02. The molecule has 0 bridgehead atoms. The van der Waals surface area contributed by atoms with Gasteiger partial charge in [-0.25, -0.2) is 4.79 Å². The molecule has 5 heteroatoms. The molecule has 1 rings (SSSR count). The first-order valence-electron chi connectivity index (χ1n) is 3.85. The predicted octanol–water partition coefficient (Wildman–Crippen LogP) is -0.951. The van der Waals surface area contributed by atoms with Gasteiger partial charge in [0, 0.05) is 24.5 Å². The fourth-order valence-electron chi connectivity index (χ4n) is 1.45. The molecule has 1 unspecified atom stereocenters. The summed E-state index contributed by atoms with van der Waals surface area (Å²) in [5.74, 6) is 0.0501. The Bertz CT molecular complexity index is 269. The summed E-state index contributed by atoms with van der Waals surface area (Å²) in [5.41, 5.74) is 5.78. The van der Waals surface area contributed by atoms with Gasteiger partial charge in [-0.2, -0.15) is 0 Å². The van der Waals surface area contributed by atoms with Gasteiger partial charge in [0.15, 0.2) is 0 Å². The number of hydrogen-bond donors (Lipinski definition) is 2. The monoisotopic (exact) mass is 185 g/mol. The van der Waals surface area contributed by atoms with Crippen LogP contribution in [0.5, 0.6) is 0 Å². The second kappa shape index (κ2) is 3.70. The average molecular weight is 185 g/mol. The molecule has 13 heavy (non-hydrogen) atoms. The van der Waals surface area contributed by atoms with Crippen molar-refractivity contribution in [2.24, 2.45) is 17.6 Å². The van der Waals surface area contributed by atoms with Crippen molar-refractivity contribution >= 4 is 11.9 Å². The Morgan fingerprint density at radius 3 is 2.85 bits per heavy atom. The minimum Gasteiger partial charge on any atom is -0.480 e. The standard InChI is InChI=1S/C8H11NO4/c1-13-3-5-4(2-10)6(5)7(9)8(11)12/h5-7H,3,9H2,1H3,(H,11,12)/t5?,6-,7+/m1/s1. The van der Waals surface area contributed by atoms with Gasteiger partial charge in [0.1, 0.15) is 12.0 Å². The Labute approximate surface area is 75.2 Å². The Hall–Kier alpha value is -1.16. The minimum atomic E-state index is -1.10. The van der Waals surface area contributed by atoms with Crippen molar-refractivity contribution in [2.45, 2.75) is 6.04 Å². The Kier molecular flexibility index (Phi) is 2.83. The summed E-state index contributed by atoms with van der Waals surface area (Å²) >= 11 is 0. The van der Waals surface area contributed by atoms with Gasteiger partial charge < -0.3 is 15.6 Å². The molecule has 1 aliphatic rings. The van der Waals surface area contributed by atoms with Crippen LogP contribution in [0, 0.1) is 11.8 Å². The number of rotatable bonds is 4. The molecule has 0 aromatic rings. The van der Waals surface area contributed by atoms with Crippen LogP contribution in [0.4, 0.5) is 0 Å². The van der Waals surface area contributed by atoms with Crippen molar-refractivity contribution in [1.82, 2.24) is 0 Å². The number of aliphatic carboxylic acids is 1. The van der Waals surface area contributed by atoms with Crippen molar-refractivity contribution in [3.8, 4) is 0 Å². The largest absolute Gasteiger partial charge is 0.480 e. The summed E-state index contributed by atoms with van der Waals surface area (Å²) in [7, 11) is 1.49. The van der Waals surface area contributed by atoms with E-state index in [9.17, 15) is 9.59 Å². The summed E-state index contributed by atoms with van der Waals surface area (Å²) in [6.07, 6.45) is 0. The number of carbonyl (C=O) groups excluding carboxylic acids is 1. The third-order valence-corrected chi connectivity index (χ3v) is 2.22. The summed E-state index contributed by atoms with van der Waals surface area (Å²) in [4.78, 5) is 20.8. The third kappa shape index (κ3) is 1.78. The van der Waals surface area contributed by atoms with Crippen molar-refractivity contribution < 1.29 is 19.4 Å². The molecule has 3 atom stereocenters. The lowest BCUT2D eigenvalue weighted by molar-refractivity contribution is -0.139. The summed E-state index contributed by atoms with van der Waals surface area (Å²) < 4.78 is 4.81. The van der Waals surface area contributed by atoms with E-state index >= 15 is 0 Å². The first kappa shape index (κ1) is 9.92. The van der Waals surface area contributed by atoms with E-state index in [0.717, 1.165) is 0 Å². The van der Waals surface area contributed by atoms with Crippen LogP contribution in [0.15, 0.2) is 5.57 Å². The molecule has 0 radical (unpaired) electrons. The molecule has 3 N–H and O–H groups in total. The van der Waals surface area contributed by atoms with Gasteiger partial charge in [-0.05, 0) is 0 Å². The van der Waals surface area contributed by atoms with E-state index in [4.69, 9.17) is 15.6 Å². The highest BCUT2D eigenvalue weighted by Gasteiger charge is 2.51. The van der Waals surface area contributed by atoms with E-state index in [2.05, 4.69) is 0 Å². The smallest absolute Gasteiger partial charge is 0.321 e. The van der Waals surface area contributed by atoms with Gasteiger partial charge in [0.05, 0.1) is 6.61 Å². The first-order chi connectivity index (χ1) is 6.13. The van der Waals surface area contributed by atoms with Crippen LogP contribution in [0.1, 0.15) is 0 Å². The van der Waals surface area contributed by atoms with Crippen LogP contribution in [0.2, 0.25) is 0 Å². The molecule has 0 aromatic heterocycles. The number of nitrogens with two attached hydrogens (primary N) is 1. The van der Waals surface area contributed by atoms with E-state index in [1.807, 2.05) is 0 Å². The molecule has 0 saturated heterocycles. The second-order valence-electron chi connectivity index (χ2n) is 3.01. The third-order valence-electron chi connectivity index (χ3n) is 2.22. The zero-order valence-corrected chi connectivity index (χ0v) is 7.19. The van der Waals surface area contributed by atoms with E-state index in [0.29, 0.717) is 12.2 Å². The molecule has 1 aliphatic carbocycles. The normalized spacial score (nSPS) is 28.0. The maximum atomic E-state index is 10.5. The van der Waals surface area contributed by atoms with Gasteiger partial charge in [-0.3, -0.25) is 4.79 Å². The van der Waals surface area contributed by atoms with Crippen molar-refractivity contribution in [1.29, 1.82) is 0 Å². The summed E-state index contributed by atoms with van der Waals surface area (Å²) in [6.45, 7) is 0.330. The number of methoxy groups -OCH3 is 1. The van der Waals surface area contributed by atoms with Crippen LogP contribution in [0.3, 0.4) is 0 Å². The molecule has 0 spiro atoms. The molecule has 1 fully saturated rings. The Balaban J connectivity index is 2.64. The fraction of sp³-hybridized carbons (Fsp3) is 0.625. The van der Waals surface area contributed by atoms with Crippen LogP contribution in [-0.2, 0) is 14.3 Å². The lowest BCUT2D eigenvalue weighted by Gasteiger charge is -2.02. The van der Waals surface area contributed by atoms with Crippen molar-refractivity contribution in [3.63, 3.8) is 0 Å². The first-order valence-corrected chi connectivity index (χ1v) is 3.85. The highest BCUT2D eigenvalue weighted by molar-refractivity contribution is 5.78. The predicted molar refractivity (Wildman–Crippen MR) is 43.7 cm³/mol. The molecule has 0 aromatic carbocycles. The molecule has 0 aliphatic heterocycles. The molecule has 5 nitrogen and oxygen atoms in total. The van der Waals surface area contributed by atoms with E-state index in [-0.39, 0.29) is 5.92 Å². The zero-order valence-electron chi connectivity index (χ0n) is 7.19. The molecule has 1 saturated carbocycles. The lowest BCUT2D eigenvalue weighted by Crippen LogP contribution is -2.33. The molecule has 0 amide bonds. The van der Waals surface area contributed by atoms with E-state index < -0.39 is 17.9 Å². The molecule has 72 valence electrons. The number of carbonyl (C=O) groups is 1. The number of carboxylic acids is 1. The van der Waals surface area contributed by atoms with Crippen LogP contribution >= 0.6 is 0 Å². The van der Waals surface area contributed by atoms with Gasteiger partial charge >= 0.3 is 5.97 Å². The lowest BCUT2D eigenvalue weighted by atomic mass is 10.1. The van der Waals surface area contributed by atoms with Crippen molar-refractivity contribution in [2.75, 3.05) is 13.7 Å². The van der Waals surface area contributed by atoms with Crippen LogP contribution in [0.25, 0.3) is 0 Å². The Morgan fingerprint density at radius 1 is 1.85 bits per heavy atom. The van der Waals surface area contributed by atoms with Gasteiger partial charge in [0.2, 0.25) is 0 Å². The van der Waals surface area contributed by atoms with Gasteiger partial charge in [0.25, 0.3) is 0 Å². The maximum Gasteiger partial charge on any atom is 0.321 e. The quantitative estimate of drug-likeness (QED) is 0.551. The van der Waals surface area contributed by atoms with Gasteiger partial charge in [-0.1, -0.05) is 0 Å². The number of hydrogen-bond acceptors (Lipinski definition) is 4. The Morgan fingerprint density at radius 2 is 2.46 bits per heavy atom. The molecular weight excluding hydrogens is 174 g/mol. The number of ether oxygens (including phenoxy) is 1. The highest BCUT2D eigenvalue weighted by Crippen LogP contribution is 2.45. The highest BCUT2D eigenvalue weighted by atomic mass is 16.5. The SMILES string of the molecule is COCC1C(=C=O)[C@H]1[C@H](N)C(=O)O. The molecule has 0 heterocycles. The second-order valence-corrected chi connectivity index (χ2v) is 3.01. The van der Waals surface area contributed by atoms with Gasteiger partial charge in [-0.15, -0.1) is 0 Å². The average Bonchev–Trinajstić information content (AvgIpc) is 2.77. The fourth-order valence-corrected chi connectivity index (χ4v) is 1.45. The number of carboxylic acid groups (broad SMARTS) is 1. The molecular formula is C8H11NO4. The minimum absolute atomic E-state index is 0.159. The van der Waals surface area contributed by atoms with E-state index in [1.165, 1.54) is 7.11 Å².